The summed E-state index contributed by atoms with van der Waals surface area (Å²) in [5.41, 5.74) is -0.900. The van der Waals surface area contributed by atoms with Crippen LogP contribution in [0.5, 0.6) is 0 Å². The third-order valence-electron chi connectivity index (χ3n) is 3.43. The summed E-state index contributed by atoms with van der Waals surface area (Å²) in [6.45, 7) is 5.71. The zero-order chi connectivity index (χ0) is 12.9. The molecule has 5 nitrogen and oxygen atoms in total. The van der Waals surface area contributed by atoms with E-state index in [1.807, 2.05) is 6.92 Å². The van der Waals surface area contributed by atoms with E-state index in [1.165, 1.54) is 32.1 Å². The minimum atomic E-state index is -0.900. The van der Waals surface area contributed by atoms with Crippen molar-refractivity contribution in [1.82, 2.24) is 10.6 Å². The summed E-state index contributed by atoms with van der Waals surface area (Å²) in [5.74, 6) is 0. The molecule has 1 rings (SSSR count). The predicted molar refractivity (Wildman–Crippen MR) is 68.5 cm³/mol. The SMILES string of the molecule is CC(NCC(C)(C)[N+](=O)[O-])NC1CCCCC1. The van der Waals surface area contributed by atoms with E-state index in [-0.39, 0.29) is 11.1 Å². The van der Waals surface area contributed by atoms with Crippen molar-refractivity contribution in [3.8, 4) is 0 Å². The lowest BCUT2D eigenvalue weighted by Gasteiger charge is -2.28. The Hall–Kier alpha value is -0.680. The van der Waals surface area contributed by atoms with E-state index >= 15 is 0 Å². The van der Waals surface area contributed by atoms with Crippen LogP contribution in [0.2, 0.25) is 0 Å². The molecular formula is C12H25N3O2. The van der Waals surface area contributed by atoms with E-state index in [0.29, 0.717) is 12.6 Å². The lowest BCUT2D eigenvalue weighted by atomic mass is 9.95. The summed E-state index contributed by atoms with van der Waals surface area (Å²) in [7, 11) is 0. The fourth-order valence-corrected chi connectivity index (χ4v) is 2.15. The Bertz CT molecular complexity index is 250. The minimum absolute atomic E-state index is 0.136. The molecule has 1 unspecified atom stereocenters. The first kappa shape index (κ1) is 14.4. The van der Waals surface area contributed by atoms with Crippen LogP contribution in [0.25, 0.3) is 0 Å². The molecule has 0 aliphatic heterocycles. The Morgan fingerprint density at radius 1 is 1.35 bits per heavy atom. The Labute approximate surface area is 104 Å². The molecule has 1 atom stereocenters. The number of rotatable bonds is 6. The van der Waals surface area contributed by atoms with Crippen molar-refractivity contribution < 1.29 is 4.92 Å². The van der Waals surface area contributed by atoms with Gasteiger partial charge in [0.1, 0.15) is 0 Å². The van der Waals surface area contributed by atoms with Crippen LogP contribution < -0.4 is 10.6 Å². The molecule has 0 aromatic rings. The highest BCUT2D eigenvalue weighted by molar-refractivity contribution is 4.77. The van der Waals surface area contributed by atoms with Crippen molar-refractivity contribution in [3.05, 3.63) is 10.1 Å². The molecule has 1 saturated carbocycles. The average Bonchev–Trinajstić information content (AvgIpc) is 2.28. The maximum atomic E-state index is 10.8. The molecule has 2 N–H and O–H groups in total. The third-order valence-corrected chi connectivity index (χ3v) is 3.43. The molecule has 0 heterocycles. The summed E-state index contributed by atoms with van der Waals surface area (Å²) in [4.78, 5) is 10.5. The molecule has 0 spiro atoms. The van der Waals surface area contributed by atoms with Crippen molar-refractivity contribution in [3.63, 3.8) is 0 Å². The summed E-state index contributed by atoms with van der Waals surface area (Å²) in [6, 6.07) is 0.574. The van der Waals surface area contributed by atoms with E-state index in [2.05, 4.69) is 10.6 Å². The van der Waals surface area contributed by atoms with Crippen molar-refractivity contribution in [2.45, 2.75) is 70.6 Å². The Morgan fingerprint density at radius 2 is 1.94 bits per heavy atom. The van der Waals surface area contributed by atoms with E-state index in [1.54, 1.807) is 13.8 Å². The molecular weight excluding hydrogens is 218 g/mol. The predicted octanol–water partition coefficient (Wildman–Crippen LogP) is 1.90. The van der Waals surface area contributed by atoms with Crippen molar-refractivity contribution in [1.29, 1.82) is 0 Å². The van der Waals surface area contributed by atoms with Gasteiger partial charge >= 0.3 is 0 Å². The largest absolute Gasteiger partial charge is 0.299 e. The van der Waals surface area contributed by atoms with E-state index in [0.717, 1.165) is 0 Å². The fourth-order valence-electron chi connectivity index (χ4n) is 2.15. The van der Waals surface area contributed by atoms with Crippen LogP contribution in [0, 0.1) is 10.1 Å². The first-order valence-electron chi connectivity index (χ1n) is 6.56. The van der Waals surface area contributed by atoms with E-state index in [4.69, 9.17) is 0 Å². The van der Waals surface area contributed by atoms with Gasteiger partial charge in [0.05, 0.1) is 12.7 Å². The number of hydrogen-bond acceptors (Lipinski definition) is 4. The van der Waals surface area contributed by atoms with Crippen LogP contribution in [0.1, 0.15) is 52.9 Å². The van der Waals surface area contributed by atoms with Crippen LogP contribution in [0.3, 0.4) is 0 Å². The van der Waals surface area contributed by atoms with Gasteiger partial charge in [-0.15, -0.1) is 0 Å². The lowest BCUT2D eigenvalue weighted by Crippen LogP contribution is -2.51. The highest BCUT2D eigenvalue weighted by Gasteiger charge is 2.30. The molecule has 0 saturated heterocycles. The van der Waals surface area contributed by atoms with Gasteiger partial charge in [-0.25, -0.2) is 0 Å². The zero-order valence-electron chi connectivity index (χ0n) is 11.2. The maximum Gasteiger partial charge on any atom is 0.229 e. The first-order chi connectivity index (χ1) is 7.92. The molecule has 1 fully saturated rings. The molecule has 0 amide bonds. The van der Waals surface area contributed by atoms with Crippen LogP contribution >= 0.6 is 0 Å². The van der Waals surface area contributed by atoms with Crippen LogP contribution in [0.4, 0.5) is 0 Å². The maximum absolute atomic E-state index is 10.8. The fraction of sp³-hybridized carbons (Fsp3) is 1.00. The van der Waals surface area contributed by atoms with Crippen LogP contribution in [-0.2, 0) is 0 Å². The van der Waals surface area contributed by atoms with Gasteiger partial charge in [0.15, 0.2) is 0 Å². The molecule has 1 aliphatic carbocycles. The normalized spacial score (nSPS) is 20.2. The second kappa shape index (κ2) is 6.31. The van der Waals surface area contributed by atoms with Gasteiger partial charge < -0.3 is 0 Å². The molecule has 0 aromatic heterocycles. The molecule has 5 heteroatoms. The van der Waals surface area contributed by atoms with E-state index < -0.39 is 5.54 Å². The zero-order valence-corrected chi connectivity index (χ0v) is 11.2. The monoisotopic (exact) mass is 243 g/mol. The Kier molecular flexibility index (Phi) is 5.33. The van der Waals surface area contributed by atoms with Gasteiger partial charge in [0.25, 0.3) is 0 Å². The molecule has 0 aromatic carbocycles. The standard InChI is InChI=1S/C12H25N3O2/c1-10(13-9-12(2,3)15(16)17)14-11-7-5-4-6-8-11/h10-11,13-14H,4-9H2,1-3H3. The third kappa shape index (κ3) is 5.00. The quantitative estimate of drug-likeness (QED) is 0.425. The molecule has 0 radical (unpaired) electrons. The second-order valence-corrected chi connectivity index (χ2v) is 5.67. The van der Waals surface area contributed by atoms with Gasteiger partial charge in [-0.1, -0.05) is 19.3 Å². The molecule has 1 aliphatic rings. The van der Waals surface area contributed by atoms with Gasteiger partial charge in [-0.3, -0.25) is 20.7 Å². The Morgan fingerprint density at radius 3 is 2.47 bits per heavy atom. The smallest absolute Gasteiger partial charge is 0.229 e. The van der Waals surface area contributed by atoms with Gasteiger partial charge in [0, 0.05) is 24.8 Å². The molecule has 17 heavy (non-hydrogen) atoms. The van der Waals surface area contributed by atoms with Gasteiger partial charge in [0.2, 0.25) is 5.54 Å². The van der Waals surface area contributed by atoms with Crippen molar-refractivity contribution in [2.24, 2.45) is 0 Å². The number of nitro groups is 1. The van der Waals surface area contributed by atoms with Crippen LogP contribution in [0.15, 0.2) is 0 Å². The summed E-state index contributed by atoms with van der Waals surface area (Å²) in [5, 5.41) is 17.5. The highest BCUT2D eigenvalue weighted by atomic mass is 16.6. The first-order valence-corrected chi connectivity index (χ1v) is 6.56. The molecule has 0 bridgehead atoms. The van der Waals surface area contributed by atoms with Crippen molar-refractivity contribution >= 4 is 0 Å². The van der Waals surface area contributed by atoms with Crippen molar-refractivity contribution in [2.75, 3.05) is 6.54 Å². The highest BCUT2D eigenvalue weighted by Crippen LogP contribution is 2.17. The topological polar surface area (TPSA) is 67.2 Å². The number of nitrogens with one attached hydrogen (secondary N) is 2. The number of nitrogens with zero attached hydrogens (tertiary/aromatic N) is 1. The summed E-state index contributed by atoms with van der Waals surface area (Å²) >= 11 is 0. The average molecular weight is 243 g/mol. The second-order valence-electron chi connectivity index (χ2n) is 5.67. The van der Waals surface area contributed by atoms with Gasteiger partial charge in [-0.2, -0.15) is 0 Å². The van der Waals surface area contributed by atoms with Gasteiger partial charge in [-0.05, 0) is 19.8 Å². The summed E-state index contributed by atoms with van der Waals surface area (Å²) in [6.07, 6.45) is 6.52. The molecule has 100 valence electrons. The van der Waals surface area contributed by atoms with Crippen LogP contribution in [-0.4, -0.2) is 29.2 Å². The summed E-state index contributed by atoms with van der Waals surface area (Å²) < 4.78 is 0. The number of hydrogen-bond donors (Lipinski definition) is 2. The Balaban J connectivity index is 2.24. The van der Waals surface area contributed by atoms with E-state index in [9.17, 15) is 10.1 Å². The minimum Gasteiger partial charge on any atom is -0.299 e. The lowest BCUT2D eigenvalue weighted by molar-refractivity contribution is -0.558.